The third-order valence-corrected chi connectivity index (χ3v) is 5.98. The van der Waals surface area contributed by atoms with E-state index in [0.29, 0.717) is 49.0 Å². The number of likely N-dealkylation sites (tertiary alicyclic amines) is 1. The van der Waals surface area contributed by atoms with E-state index in [1.54, 1.807) is 29.4 Å². The summed E-state index contributed by atoms with van der Waals surface area (Å²) in [4.78, 5) is 39.7. The molecule has 168 valence electrons. The minimum absolute atomic E-state index is 0.0408. The molecule has 0 aliphatic carbocycles. The van der Waals surface area contributed by atoms with Crippen molar-refractivity contribution in [3.8, 4) is 11.3 Å². The van der Waals surface area contributed by atoms with Gasteiger partial charge in [-0.05, 0) is 43.2 Å². The van der Waals surface area contributed by atoms with Crippen molar-refractivity contribution >= 4 is 23.3 Å². The Morgan fingerprint density at radius 3 is 2.73 bits per heavy atom. The Bertz CT molecular complexity index is 1190. The normalized spacial score (nSPS) is 20.0. The number of amides is 2. The van der Waals surface area contributed by atoms with Crippen molar-refractivity contribution < 1.29 is 14.0 Å². The lowest BCUT2D eigenvalue weighted by Gasteiger charge is -2.20. The Kier molecular flexibility index (Phi) is 5.68. The zero-order valence-electron chi connectivity index (χ0n) is 17.9. The van der Waals surface area contributed by atoms with Crippen LogP contribution in [0.15, 0.2) is 54.9 Å². The molecule has 2 atom stereocenters. The van der Waals surface area contributed by atoms with Gasteiger partial charge in [0.15, 0.2) is 0 Å². The van der Waals surface area contributed by atoms with Crippen molar-refractivity contribution in [2.75, 3.05) is 18.4 Å². The number of halogens is 1. The average Bonchev–Trinajstić information content (AvgIpc) is 3.49. The molecule has 0 unspecified atom stereocenters. The van der Waals surface area contributed by atoms with Gasteiger partial charge < -0.3 is 15.5 Å². The highest BCUT2D eigenvalue weighted by Crippen LogP contribution is 2.30. The van der Waals surface area contributed by atoms with Crippen LogP contribution in [0.1, 0.15) is 31.0 Å². The largest absolute Gasteiger partial charge is 0.344 e. The maximum absolute atomic E-state index is 13.7. The highest BCUT2D eigenvalue weighted by atomic mass is 19.1. The van der Waals surface area contributed by atoms with E-state index < -0.39 is 6.04 Å². The molecule has 2 amide bonds. The standard InChI is InChI=1S/C24H23FN6O2/c25-17-2-1-3-18(12-17)27-21-13-20(15-6-9-26-10-7-15)29-23(30-21)16-8-11-31(14-16)24(33)19-4-5-22(32)28-19/h1-3,6-7,9-10,12-13,16,19H,4-5,8,11,14H2,(H,28,32)(H,27,29,30)/t16-,19-/m0/s1. The van der Waals surface area contributed by atoms with Crippen LogP contribution in [0.25, 0.3) is 11.3 Å². The third-order valence-electron chi connectivity index (χ3n) is 5.98. The summed E-state index contributed by atoms with van der Waals surface area (Å²) in [5, 5.41) is 5.92. The minimum Gasteiger partial charge on any atom is -0.344 e. The van der Waals surface area contributed by atoms with Crippen LogP contribution in [0, 0.1) is 5.82 Å². The van der Waals surface area contributed by atoms with Gasteiger partial charge in [0.2, 0.25) is 11.8 Å². The SMILES string of the molecule is O=C1CC[C@@H](C(=O)N2CC[C@H](c3nc(Nc4cccc(F)c4)cc(-c4ccncc4)n3)C2)N1. The fourth-order valence-corrected chi connectivity index (χ4v) is 4.29. The molecule has 5 rings (SSSR count). The fraction of sp³-hybridized carbons (Fsp3) is 0.292. The Balaban J connectivity index is 1.41. The van der Waals surface area contributed by atoms with Gasteiger partial charge in [0.25, 0.3) is 0 Å². The van der Waals surface area contributed by atoms with Crippen molar-refractivity contribution in [3.63, 3.8) is 0 Å². The van der Waals surface area contributed by atoms with Crippen molar-refractivity contribution in [3.05, 3.63) is 66.5 Å². The van der Waals surface area contributed by atoms with E-state index in [2.05, 4.69) is 15.6 Å². The number of nitrogens with one attached hydrogen (secondary N) is 2. The van der Waals surface area contributed by atoms with Crippen LogP contribution in [-0.4, -0.2) is 50.8 Å². The highest BCUT2D eigenvalue weighted by molar-refractivity contribution is 5.91. The summed E-state index contributed by atoms with van der Waals surface area (Å²) >= 11 is 0. The van der Waals surface area contributed by atoms with Gasteiger partial charge in [-0.15, -0.1) is 0 Å². The van der Waals surface area contributed by atoms with Crippen LogP contribution in [0.4, 0.5) is 15.9 Å². The number of carbonyl (C=O) groups excluding carboxylic acids is 2. The van der Waals surface area contributed by atoms with Crippen LogP contribution >= 0.6 is 0 Å². The Hall–Kier alpha value is -3.88. The van der Waals surface area contributed by atoms with Gasteiger partial charge >= 0.3 is 0 Å². The lowest BCUT2D eigenvalue weighted by Crippen LogP contribution is -2.43. The zero-order valence-corrected chi connectivity index (χ0v) is 17.9. The van der Waals surface area contributed by atoms with Crippen LogP contribution in [0.3, 0.4) is 0 Å². The minimum atomic E-state index is -0.439. The molecule has 33 heavy (non-hydrogen) atoms. The molecule has 2 aliphatic heterocycles. The van der Waals surface area contributed by atoms with E-state index in [1.807, 2.05) is 18.2 Å². The first kappa shape index (κ1) is 21.0. The molecule has 2 N–H and O–H groups in total. The van der Waals surface area contributed by atoms with E-state index in [-0.39, 0.29) is 23.5 Å². The van der Waals surface area contributed by atoms with Crippen LogP contribution in [-0.2, 0) is 9.59 Å². The first-order valence-electron chi connectivity index (χ1n) is 11.0. The summed E-state index contributed by atoms with van der Waals surface area (Å²) in [6.07, 6.45) is 5.05. The monoisotopic (exact) mass is 446 g/mol. The number of rotatable bonds is 5. The zero-order chi connectivity index (χ0) is 22.8. The fourth-order valence-electron chi connectivity index (χ4n) is 4.29. The summed E-state index contributed by atoms with van der Waals surface area (Å²) in [6, 6.07) is 11.3. The Labute approximate surface area is 190 Å². The van der Waals surface area contributed by atoms with Crippen molar-refractivity contribution in [1.82, 2.24) is 25.2 Å². The molecule has 8 nitrogen and oxygen atoms in total. The molecule has 1 aromatic carbocycles. The molecule has 0 bridgehead atoms. The summed E-state index contributed by atoms with van der Waals surface area (Å²) in [5.41, 5.74) is 2.19. The predicted molar refractivity (Wildman–Crippen MR) is 120 cm³/mol. The second-order valence-electron chi connectivity index (χ2n) is 8.30. The molecule has 0 spiro atoms. The number of aromatic nitrogens is 3. The number of pyridine rings is 1. The number of hydrogen-bond acceptors (Lipinski definition) is 6. The van der Waals surface area contributed by atoms with Crippen molar-refractivity contribution in [1.29, 1.82) is 0 Å². The number of benzene rings is 1. The van der Waals surface area contributed by atoms with Crippen LogP contribution in [0.5, 0.6) is 0 Å². The number of nitrogens with zero attached hydrogens (tertiary/aromatic N) is 4. The molecular formula is C24H23FN6O2. The summed E-state index contributed by atoms with van der Waals surface area (Å²) < 4.78 is 13.7. The van der Waals surface area contributed by atoms with Crippen LogP contribution < -0.4 is 10.6 Å². The van der Waals surface area contributed by atoms with E-state index >= 15 is 0 Å². The molecule has 2 saturated heterocycles. The summed E-state index contributed by atoms with van der Waals surface area (Å²) in [5.74, 6) is 0.657. The van der Waals surface area contributed by atoms with E-state index in [4.69, 9.17) is 9.97 Å². The number of carbonyl (C=O) groups is 2. The lowest BCUT2D eigenvalue weighted by molar-refractivity contribution is -0.133. The van der Waals surface area contributed by atoms with Gasteiger partial charge in [-0.1, -0.05) is 6.07 Å². The van der Waals surface area contributed by atoms with E-state index in [1.165, 1.54) is 12.1 Å². The summed E-state index contributed by atoms with van der Waals surface area (Å²) in [6.45, 7) is 1.08. The van der Waals surface area contributed by atoms with Gasteiger partial charge in [0.05, 0.1) is 5.69 Å². The highest BCUT2D eigenvalue weighted by Gasteiger charge is 2.36. The molecule has 2 fully saturated rings. The van der Waals surface area contributed by atoms with Crippen LogP contribution in [0.2, 0.25) is 0 Å². The first-order chi connectivity index (χ1) is 16.0. The van der Waals surface area contributed by atoms with Gasteiger partial charge in [0.1, 0.15) is 23.5 Å². The topological polar surface area (TPSA) is 100 Å². The maximum atomic E-state index is 13.7. The van der Waals surface area contributed by atoms with Gasteiger partial charge in [-0.3, -0.25) is 14.6 Å². The molecule has 2 aliphatic rings. The number of anilines is 2. The average molecular weight is 446 g/mol. The first-order valence-corrected chi connectivity index (χ1v) is 11.0. The molecule has 3 aromatic rings. The second-order valence-corrected chi connectivity index (χ2v) is 8.30. The Morgan fingerprint density at radius 1 is 1.12 bits per heavy atom. The van der Waals surface area contributed by atoms with Gasteiger partial charge in [-0.25, -0.2) is 14.4 Å². The van der Waals surface area contributed by atoms with Crippen molar-refractivity contribution in [2.24, 2.45) is 0 Å². The third kappa shape index (κ3) is 4.67. The van der Waals surface area contributed by atoms with E-state index in [0.717, 1.165) is 12.0 Å². The summed E-state index contributed by atoms with van der Waals surface area (Å²) in [7, 11) is 0. The van der Waals surface area contributed by atoms with Gasteiger partial charge in [-0.2, -0.15) is 0 Å². The lowest BCUT2D eigenvalue weighted by atomic mass is 10.1. The molecule has 0 saturated carbocycles. The molecular weight excluding hydrogens is 423 g/mol. The molecule has 2 aromatic heterocycles. The second kappa shape index (κ2) is 8.93. The molecule has 0 radical (unpaired) electrons. The molecule has 9 heteroatoms. The molecule has 4 heterocycles. The quantitative estimate of drug-likeness (QED) is 0.625. The van der Waals surface area contributed by atoms with E-state index in [9.17, 15) is 14.0 Å². The van der Waals surface area contributed by atoms with Gasteiger partial charge in [0, 0.05) is 55.1 Å². The predicted octanol–water partition coefficient (Wildman–Crippen LogP) is 3.02. The Morgan fingerprint density at radius 2 is 1.97 bits per heavy atom. The number of hydrogen-bond donors (Lipinski definition) is 2. The maximum Gasteiger partial charge on any atom is 0.245 e. The smallest absolute Gasteiger partial charge is 0.245 e. The van der Waals surface area contributed by atoms with Crippen molar-refractivity contribution in [2.45, 2.75) is 31.2 Å².